The number of hydrogen-bond acceptors (Lipinski definition) is 6. The number of para-hydroxylation sites is 2. The minimum Gasteiger partial charge on any atom is -0.456 e. The zero-order chi connectivity index (χ0) is 87.8. The highest BCUT2D eigenvalue weighted by molar-refractivity contribution is 7.25. The largest absolute Gasteiger partial charge is 0.456 e. The molecule has 0 atom stereocenters. The van der Waals surface area contributed by atoms with Crippen LogP contribution in [-0.4, -0.2) is 0 Å². The fraction of sp³-hybridized carbons (Fsp3) is 0.0233. The third-order valence-electron chi connectivity index (χ3n) is 30.9. The number of benzene rings is 21. The SMILES string of the molecule is c1ccc2c(c1)-c1ccccc1C21c2ccccc2-c2cc3c(cc21)oc1ccc(-c2ccc4c(c2)oc2ccccc24)cc13.c1ccc2c(c1)-c1ccccc1C21c2ccccc2-c2cc3c(cc21)oc1cccc(-c2ccc4c(c2)oc2ccccc24)c13.c1ccc2c(c1)-c1ccccc1C21c2ccccc2-c2cc3c(cc21)oc1cccc(-c2ccc4c(c2)sc2ccccc24)c13. The van der Waals surface area contributed by atoms with Crippen molar-refractivity contribution in [1.29, 1.82) is 0 Å². The van der Waals surface area contributed by atoms with E-state index in [1.165, 1.54) is 176 Å². The van der Waals surface area contributed by atoms with Crippen LogP contribution in [0.15, 0.2) is 459 Å². The van der Waals surface area contributed by atoms with Gasteiger partial charge in [0.25, 0.3) is 0 Å². The molecule has 0 radical (unpaired) electrons. The molecule has 5 nitrogen and oxygen atoms in total. The third kappa shape index (κ3) is 9.69. The predicted molar refractivity (Wildman–Crippen MR) is 554 cm³/mol. The molecule has 0 amide bonds. The first kappa shape index (κ1) is 73.6. The number of furan rings is 5. The van der Waals surface area contributed by atoms with Crippen molar-refractivity contribution in [1.82, 2.24) is 0 Å². The molecule has 33 rings (SSSR count). The Kier molecular flexibility index (Phi) is 14.7. The average Bonchev–Trinajstić information content (AvgIpc) is 1.51. The van der Waals surface area contributed by atoms with Gasteiger partial charge in [-0.05, 0) is 276 Å². The van der Waals surface area contributed by atoms with Crippen molar-refractivity contribution >= 4 is 141 Å². The van der Waals surface area contributed by atoms with Crippen molar-refractivity contribution in [3.63, 3.8) is 0 Å². The van der Waals surface area contributed by atoms with Crippen LogP contribution in [0.25, 0.3) is 230 Å². The maximum absolute atomic E-state index is 6.76. The van der Waals surface area contributed by atoms with Crippen LogP contribution >= 0.6 is 11.3 Å². The summed E-state index contributed by atoms with van der Waals surface area (Å²) >= 11 is 1.87. The minimum atomic E-state index is -0.387. The van der Waals surface area contributed by atoms with Crippen LogP contribution in [0.1, 0.15) is 66.8 Å². The predicted octanol–water partition coefficient (Wildman–Crippen LogP) is 35.0. The monoisotopic (exact) mass is 1730 g/mol. The highest BCUT2D eigenvalue weighted by Crippen LogP contribution is 2.68. The van der Waals surface area contributed by atoms with E-state index < -0.39 is 0 Å². The van der Waals surface area contributed by atoms with Crippen LogP contribution in [0, 0.1) is 0 Å². The number of rotatable bonds is 3. The molecule has 3 spiro atoms. The summed E-state index contributed by atoms with van der Waals surface area (Å²) in [4.78, 5) is 0. The van der Waals surface area contributed by atoms with E-state index in [0.717, 1.165) is 121 Å². The van der Waals surface area contributed by atoms with Crippen molar-refractivity contribution in [3.8, 4) is 100 Å². The maximum Gasteiger partial charge on any atom is 0.136 e. The summed E-state index contributed by atoms with van der Waals surface area (Å²) in [6, 6.07) is 159. The Morgan fingerprint density at radius 3 is 0.815 bits per heavy atom. The normalized spacial score (nSPS) is 14.0. The smallest absolute Gasteiger partial charge is 0.136 e. The van der Waals surface area contributed by atoms with E-state index in [4.69, 9.17) is 22.1 Å². The van der Waals surface area contributed by atoms with Crippen molar-refractivity contribution in [2.24, 2.45) is 0 Å². The van der Waals surface area contributed by atoms with Gasteiger partial charge >= 0.3 is 0 Å². The third-order valence-corrected chi connectivity index (χ3v) is 32.0. The number of fused-ring (bicyclic) bond motifs is 48. The van der Waals surface area contributed by atoms with Gasteiger partial charge in [0.05, 0.1) is 16.2 Å². The number of thiophene rings is 1. The van der Waals surface area contributed by atoms with Crippen LogP contribution in [0.3, 0.4) is 0 Å². The molecule has 0 fully saturated rings. The summed E-state index contributed by atoms with van der Waals surface area (Å²) in [5, 5.41) is 14.1. The maximum atomic E-state index is 6.76. The van der Waals surface area contributed by atoms with E-state index in [9.17, 15) is 0 Å². The lowest BCUT2D eigenvalue weighted by Gasteiger charge is -2.30. The van der Waals surface area contributed by atoms with Gasteiger partial charge in [0.1, 0.15) is 55.8 Å². The van der Waals surface area contributed by atoms with Crippen LogP contribution in [0.4, 0.5) is 0 Å². The van der Waals surface area contributed by atoms with Gasteiger partial charge in [-0.1, -0.05) is 328 Å². The van der Waals surface area contributed by atoms with Crippen molar-refractivity contribution < 1.29 is 22.1 Å². The second kappa shape index (κ2) is 27.0. The van der Waals surface area contributed by atoms with E-state index in [0.29, 0.717) is 0 Å². The Hall–Kier alpha value is -17.2. The highest BCUT2D eigenvalue weighted by Gasteiger charge is 2.55. The summed E-state index contributed by atoms with van der Waals surface area (Å²) in [7, 11) is 0. The molecule has 135 heavy (non-hydrogen) atoms. The summed E-state index contributed by atoms with van der Waals surface area (Å²) < 4.78 is 35.3. The first-order chi connectivity index (χ1) is 66.9. The number of hydrogen-bond donors (Lipinski definition) is 0. The molecule has 624 valence electrons. The molecule has 0 N–H and O–H groups in total. The van der Waals surface area contributed by atoms with Gasteiger partial charge in [-0.3, -0.25) is 0 Å². The molecule has 0 bridgehead atoms. The van der Waals surface area contributed by atoms with Crippen LogP contribution in [-0.2, 0) is 16.2 Å². The molecule has 21 aromatic carbocycles. The molecule has 0 saturated carbocycles. The van der Waals surface area contributed by atoms with Gasteiger partial charge in [-0.2, -0.15) is 0 Å². The van der Waals surface area contributed by atoms with E-state index in [2.05, 4.69) is 413 Å². The van der Waals surface area contributed by atoms with Crippen molar-refractivity contribution in [2.45, 2.75) is 16.2 Å². The van der Waals surface area contributed by atoms with Gasteiger partial charge in [0, 0.05) is 74.0 Å². The molecule has 0 aliphatic heterocycles. The van der Waals surface area contributed by atoms with Gasteiger partial charge < -0.3 is 22.1 Å². The zero-order valence-electron chi connectivity index (χ0n) is 72.5. The molecule has 0 unspecified atom stereocenters. The van der Waals surface area contributed by atoms with E-state index >= 15 is 0 Å². The van der Waals surface area contributed by atoms with Gasteiger partial charge in [-0.25, -0.2) is 0 Å². The Bertz CT molecular complexity index is 9440. The Morgan fingerprint density at radius 1 is 0.133 bits per heavy atom. The Balaban J connectivity index is 0.0000000945. The second-order valence-electron chi connectivity index (χ2n) is 37.1. The van der Waals surface area contributed by atoms with Gasteiger partial charge in [0.15, 0.2) is 0 Å². The van der Waals surface area contributed by atoms with E-state index in [1.807, 2.05) is 35.6 Å². The van der Waals surface area contributed by atoms with Crippen molar-refractivity contribution in [2.75, 3.05) is 0 Å². The first-order valence-electron chi connectivity index (χ1n) is 46.5. The van der Waals surface area contributed by atoms with Crippen LogP contribution < -0.4 is 0 Å². The summed E-state index contributed by atoms with van der Waals surface area (Å²) in [5.41, 5.74) is 46.6. The van der Waals surface area contributed by atoms with Crippen molar-refractivity contribution in [3.05, 3.63) is 504 Å². The molecule has 27 aromatic rings. The molecule has 0 saturated heterocycles. The fourth-order valence-corrected chi connectivity index (χ4v) is 26.7. The van der Waals surface area contributed by atoms with Crippen LogP contribution in [0.2, 0.25) is 0 Å². The topological polar surface area (TPSA) is 65.7 Å². The summed E-state index contributed by atoms with van der Waals surface area (Å²) in [6.45, 7) is 0. The first-order valence-corrected chi connectivity index (χ1v) is 47.3. The lowest BCUT2D eigenvalue weighted by molar-refractivity contribution is 0.666. The molecular formula is C129H72O5S. The zero-order valence-corrected chi connectivity index (χ0v) is 73.3. The highest BCUT2D eigenvalue weighted by atomic mass is 32.1. The van der Waals surface area contributed by atoms with Gasteiger partial charge in [0.2, 0.25) is 0 Å². The molecule has 6 heteroatoms. The molecule has 6 aliphatic carbocycles. The minimum absolute atomic E-state index is 0.374. The van der Waals surface area contributed by atoms with E-state index in [1.54, 1.807) is 0 Å². The summed E-state index contributed by atoms with van der Waals surface area (Å²) in [5.74, 6) is 0. The molecular weight excluding hydrogens is 1660 g/mol. The lowest BCUT2D eigenvalue weighted by atomic mass is 9.70. The Labute approximate surface area is 777 Å². The molecule has 6 heterocycles. The lowest BCUT2D eigenvalue weighted by Crippen LogP contribution is -2.25. The summed E-state index contributed by atoms with van der Waals surface area (Å²) in [6.07, 6.45) is 0. The Morgan fingerprint density at radius 2 is 0.393 bits per heavy atom. The quantitative estimate of drug-likeness (QED) is 0.176. The molecule has 6 aliphatic rings. The van der Waals surface area contributed by atoms with E-state index in [-0.39, 0.29) is 16.2 Å². The molecule has 6 aromatic heterocycles. The second-order valence-corrected chi connectivity index (χ2v) is 38.2. The fourth-order valence-electron chi connectivity index (χ4n) is 25.5. The average molecular weight is 1730 g/mol. The standard InChI is InChI=1S/2C43H24O2.C43H24OS/c1-5-15-34-27(10-1)28-11-2-6-16-35(28)43(34)36-17-7-3-12-29(36)32-23-33-41(24-37(32)43)45-39-19-9-14-26(42(33)39)25-20-21-31-30-13-4-8-18-38(30)44-40(31)22-25;1-5-13-35-27(9-1)28-10-2-6-14-36(28)43(35)37-15-7-3-11-29(37)32-23-34-33-21-25(18-20-40(33)45-42(34)24-38(32)43)26-17-19-31-30-12-4-8-16-39(30)44-41(31)22-26;1-5-15-34-27(10-1)28-11-2-6-16-35(28)43(34)36-17-7-3-12-29(36)32-23-33-39(24-37(32)43)44-38-18-9-14-26(42(33)38)25-20-21-31-30-13-4-8-19-40(30)45-41(31)22-25/h3*1-24H. The van der Waals surface area contributed by atoms with Crippen LogP contribution in [0.5, 0.6) is 0 Å². The van der Waals surface area contributed by atoms with Gasteiger partial charge in [-0.15, -0.1) is 11.3 Å².